The van der Waals surface area contributed by atoms with Crippen molar-refractivity contribution < 1.29 is 14.7 Å². The minimum atomic E-state index is -0.748. The zero-order chi connectivity index (χ0) is 13.8. The largest absolute Gasteiger partial charge is 0.481 e. The molecule has 2 rings (SSSR count). The number of aliphatic carboxylic acids is 1. The number of amides is 1. The summed E-state index contributed by atoms with van der Waals surface area (Å²) in [6.45, 7) is 4.12. The molecule has 1 heterocycles. The molecule has 2 aliphatic rings. The normalized spacial score (nSPS) is 27.3. The lowest BCUT2D eigenvalue weighted by molar-refractivity contribution is -0.137. The lowest BCUT2D eigenvalue weighted by atomic mass is 9.90. The molecule has 0 spiro atoms. The van der Waals surface area contributed by atoms with Crippen molar-refractivity contribution in [1.29, 1.82) is 0 Å². The highest BCUT2D eigenvalue weighted by atomic mass is 16.4. The van der Waals surface area contributed by atoms with Crippen LogP contribution >= 0.6 is 0 Å². The summed E-state index contributed by atoms with van der Waals surface area (Å²) in [7, 11) is 0. The van der Waals surface area contributed by atoms with E-state index < -0.39 is 5.97 Å². The van der Waals surface area contributed by atoms with Crippen molar-refractivity contribution in [3.8, 4) is 0 Å². The summed E-state index contributed by atoms with van der Waals surface area (Å²) < 4.78 is 0. The third-order valence-corrected chi connectivity index (χ3v) is 4.14. The Labute approximate surface area is 114 Å². The minimum absolute atomic E-state index is 0.0956. The summed E-state index contributed by atoms with van der Waals surface area (Å²) in [6, 6.07) is 0.331. The van der Waals surface area contributed by atoms with E-state index in [-0.39, 0.29) is 12.3 Å². The average molecular weight is 268 g/mol. The second kappa shape index (κ2) is 6.37. The quantitative estimate of drug-likeness (QED) is 0.756. The van der Waals surface area contributed by atoms with Crippen LogP contribution < -0.4 is 5.32 Å². The first-order valence-corrected chi connectivity index (χ1v) is 7.25. The van der Waals surface area contributed by atoms with Crippen LogP contribution in [0.5, 0.6) is 0 Å². The second-order valence-electron chi connectivity index (χ2n) is 6.01. The van der Waals surface area contributed by atoms with E-state index in [2.05, 4.69) is 5.32 Å². The van der Waals surface area contributed by atoms with Gasteiger partial charge < -0.3 is 15.3 Å². The highest BCUT2D eigenvalue weighted by Crippen LogP contribution is 2.28. The van der Waals surface area contributed by atoms with Gasteiger partial charge in [-0.05, 0) is 44.1 Å². The van der Waals surface area contributed by atoms with Crippen molar-refractivity contribution in [3.63, 3.8) is 0 Å². The first-order chi connectivity index (χ1) is 9.04. The predicted molar refractivity (Wildman–Crippen MR) is 71.7 cm³/mol. The number of carbonyl (C=O) groups excluding carboxylic acids is 1. The van der Waals surface area contributed by atoms with Crippen molar-refractivity contribution in [2.24, 2.45) is 11.8 Å². The Morgan fingerprint density at radius 3 is 2.58 bits per heavy atom. The SMILES string of the molecule is CC(=O)N1CC(CCC(=O)O)CC(NCC2CC2)C1. The smallest absolute Gasteiger partial charge is 0.303 e. The molecule has 5 heteroatoms. The predicted octanol–water partition coefficient (Wildman–Crippen LogP) is 1.09. The summed E-state index contributed by atoms with van der Waals surface area (Å²) in [5, 5.41) is 12.3. The topological polar surface area (TPSA) is 69.6 Å². The third-order valence-electron chi connectivity index (χ3n) is 4.14. The molecule has 2 atom stereocenters. The van der Waals surface area contributed by atoms with Gasteiger partial charge in [0.1, 0.15) is 0 Å². The molecule has 5 nitrogen and oxygen atoms in total. The van der Waals surface area contributed by atoms with Gasteiger partial charge in [0.25, 0.3) is 0 Å². The van der Waals surface area contributed by atoms with Gasteiger partial charge in [0.05, 0.1) is 0 Å². The standard InChI is InChI=1S/C14H24N2O3/c1-10(17)16-8-12(4-5-14(18)19)6-13(9-16)15-7-11-2-3-11/h11-13,15H,2-9H2,1H3,(H,18,19). The molecule has 1 saturated carbocycles. The van der Waals surface area contributed by atoms with Crippen LogP contribution in [-0.2, 0) is 9.59 Å². The molecule has 0 radical (unpaired) electrons. The molecular weight excluding hydrogens is 244 g/mol. The summed E-state index contributed by atoms with van der Waals surface area (Å²) >= 11 is 0. The lowest BCUT2D eigenvalue weighted by Crippen LogP contribution is -2.51. The van der Waals surface area contributed by atoms with Crippen molar-refractivity contribution in [2.45, 2.75) is 45.1 Å². The maximum atomic E-state index is 11.6. The van der Waals surface area contributed by atoms with Gasteiger partial charge >= 0.3 is 5.97 Å². The van der Waals surface area contributed by atoms with Crippen LogP contribution in [0.4, 0.5) is 0 Å². The van der Waals surface area contributed by atoms with E-state index in [0.29, 0.717) is 24.9 Å². The molecule has 2 N–H and O–H groups in total. The molecule has 0 bridgehead atoms. The van der Waals surface area contributed by atoms with Gasteiger partial charge in [-0.15, -0.1) is 0 Å². The van der Waals surface area contributed by atoms with E-state index in [1.54, 1.807) is 6.92 Å². The molecule has 1 aliphatic heterocycles. The van der Waals surface area contributed by atoms with Gasteiger partial charge in [0.15, 0.2) is 0 Å². The molecule has 0 aromatic heterocycles. The first-order valence-electron chi connectivity index (χ1n) is 7.25. The van der Waals surface area contributed by atoms with Gasteiger partial charge in [-0.3, -0.25) is 9.59 Å². The number of nitrogens with one attached hydrogen (secondary N) is 1. The molecule has 2 fully saturated rings. The fraction of sp³-hybridized carbons (Fsp3) is 0.857. The second-order valence-corrected chi connectivity index (χ2v) is 6.01. The number of nitrogens with zero attached hydrogens (tertiary/aromatic N) is 1. The molecular formula is C14H24N2O3. The summed E-state index contributed by atoms with van der Waals surface area (Å²) in [5.41, 5.74) is 0. The van der Waals surface area contributed by atoms with E-state index in [4.69, 9.17) is 5.11 Å². The van der Waals surface area contributed by atoms with Gasteiger partial charge in [-0.1, -0.05) is 0 Å². The molecule has 108 valence electrons. The summed E-state index contributed by atoms with van der Waals surface area (Å²) in [6.07, 6.45) is 4.49. The Hall–Kier alpha value is -1.10. The highest BCUT2D eigenvalue weighted by molar-refractivity contribution is 5.73. The zero-order valence-electron chi connectivity index (χ0n) is 11.6. The monoisotopic (exact) mass is 268 g/mol. The fourth-order valence-electron chi connectivity index (χ4n) is 2.80. The van der Waals surface area contributed by atoms with Crippen LogP contribution in [0.25, 0.3) is 0 Å². The first kappa shape index (κ1) is 14.3. The summed E-state index contributed by atoms with van der Waals surface area (Å²) in [4.78, 5) is 24.1. The Balaban J connectivity index is 1.83. The van der Waals surface area contributed by atoms with E-state index >= 15 is 0 Å². The highest BCUT2D eigenvalue weighted by Gasteiger charge is 2.30. The lowest BCUT2D eigenvalue weighted by Gasteiger charge is -2.38. The van der Waals surface area contributed by atoms with Crippen LogP contribution in [0.2, 0.25) is 0 Å². The number of piperidine rings is 1. The molecule has 1 amide bonds. The minimum Gasteiger partial charge on any atom is -0.481 e. The number of rotatable bonds is 6. The number of hydrogen-bond donors (Lipinski definition) is 2. The maximum absolute atomic E-state index is 11.6. The van der Waals surface area contributed by atoms with E-state index in [1.165, 1.54) is 12.8 Å². The van der Waals surface area contributed by atoms with Crippen molar-refractivity contribution >= 4 is 11.9 Å². The third kappa shape index (κ3) is 4.82. The van der Waals surface area contributed by atoms with Crippen LogP contribution in [0.15, 0.2) is 0 Å². The Morgan fingerprint density at radius 1 is 1.26 bits per heavy atom. The fourth-order valence-corrected chi connectivity index (χ4v) is 2.80. The van der Waals surface area contributed by atoms with Gasteiger partial charge in [0.2, 0.25) is 5.91 Å². The van der Waals surface area contributed by atoms with Crippen molar-refractivity contribution in [3.05, 3.63) is 0 Å². The zero-order valence-corrected chi connectivity index (χ0v) is 11.6. The molecule has 0 aromatic carbocycles. The molecule has 0 aromatic rings. The van der Waals surface area contributed by atoms with Crippen LogP contribution in [0.3, 0.4) is 0 Å². The number of carboxylic acids is 1. The number of likely N-dealkylation sites (tertiary alicyclic amines) is 1. The van der Waals surface area contributed by atoms with E-state index in [1.807, 2.05) is 4.90 Å². The van der Waals surface area contributed by atoms with Crippen LogP contribution in [-0.4, -0.2) is 47.6 Å². The molecule has 19 heavy (non-hydrogen) atoms. The van der Waals surface area contributed by atoms with Crippen LogP contribution in [0, 0.1) is 11.8 Å². The Bertz CT molecular complexity index is 342. The average Bonchev–Trinajstić information content (AvgIpc) is 3.17. The van der Waals surface area contributed by atoms with E-state index in [0.717, 1.165) is 25.4 Å². The summed E-state index contributed by atoms with van der Waals surface area (Å²) in [5.74, 6) is 0.483. The number of carbonyl (C=O) groups is 2. The molecule has 2 unspecified atom stereocenters. The Kier molecular flexibility index (Phi) is 4.80. The molecule has 1 aliphatic carbocycles. The van der Waals surface area contributed by atoms with Gasteiger partial charge in [0, 0.05) is 32.5 Å². The number of carboxylic acid groups (broad SMARTS) is 1. The van der Waals surface area contributed by atoms with Gasteiger partial charge in [-0.2, -0.15) is 0 Å². The van der Waals surface area contributed by atoms with Crippen LogP contribution in [0.1, 0.15) is 39.0 Å². The van der Waals surface area contributed by atoms with Gasteiger partial charge in [-0.25, -0.2) is 0 Å². The maximum Gasteiger partial charge on any atom is 0.303 e. The van der Waals surface area contributed by atoms with Crippen molar-refractivity contribution in [1.82, 2.24) is 10.2 Å². The molecule has 1 saturated heterocycles. The van der Waals surface area contributed by atoms with E-state index in [9.17, 15) is 9.59 Å². The Morgan fingerprint density at radius 2 is 2.00 bits per heavy atom. The van der Waals surface area contributed by atoms with Crippen molar-refractivity contribution in [2.75, 3.05) is 19.6 Å². The number of hydrogen-bond acceptors (Lipinski definition) is 3.